The van der Waals surface area contributed by atoms with Crippen LogP contribution in [0.1, 0.15) is 56.6 Å². The number of halogens is 4. The molecule has 0 spiro atoms. The Bertz CT molecular complexity index is 1020. The molecule has 34 heavy (non-hydrogen) atoms. The number of allylic oxidation sites excluding steroid dienone is 2. The highest BCUT2D eigenvalue weighted by Crippen LogP contribution is 2.45. The van der Waals surface area contributed by atoms with Gasteiger partial charge in [-0.1, -0.05) is 12.1 Å². The smallest absolute Gasteiger partial charge is 0.419 e. The number of esters is 1. The van der Waals surface area contributed by atoms with Crippen LogP contribution in [0.25, 0.3) is 0 Å². The highest BCUT2D eigenvalue weighted by molar-refractivity contribution is 5.99. The van der Waals surface area contributed by atoms with Gasteiger partial charge in [0.25, 0.3) is 0 Å². The van der Waals surface area contributed by atoms with Crippen LogP contribution in [-0.4, -0.2) is 48.3 Å². The van der Waals surface area contributed by atoms with Gasteiger partial charge in [-0.15, -0.1) is 0 Å². The van der Waals surface area contributed by atoms with Crippen LogP contribution in [0.2, 0.25) is 0 Å². The monoisotopic (exact) mass is 485 g/mol. The van der Waals surface area contributed by atoms with Gasteiger partial charge in [0, 0.05) is 30.6 Å². The number of benzene rings is 1. The van der Waals surface area contributed by atoms with E-state index in [1.54, 1.807) is 11.8 Å². The van der Waals surface area contributed by atoms with Gasteiger partial charge in [0.05, 0.1) is 29.2 Å². The fraction of sp³-hybridized carbons (Fsp3) is 0.500. The van der Waals surface area contributed by atoms with Crippen molar-refractivity contribution < 1.29 is 41.7 Å². The predicted octanol–water partition coefficient (Wildman–Crippen LogP) is 5.01. The molecule has 1 fully saturated rings. The normalized spacial score (nSPS) is 19.7. The number of rotatable bonds is 7. The number of nitrogens with zero attached hydrogens (tertiary/aromatic N) is 1. The molecule has 0 bridgehead atoms. The van der Waals surface area contributed by atoms with E-state index in [1.165, 1.54) is 14.0 Å². The molecular formula is C24H27F4NO5. The lowest BCUT2D eigenvalue weighted by molar-refractivity contribution is -0.144. The van der Waals surface area contributed by atoms with Gasteiger partial charge in [-0.2, -0.15) is 13.2 Å². The molecule has 2 aliphatic rings. The summed E-state index contributed by atoms with van der Waals surface area (Å²) in [5, 5.41) is 10.0. The number of carboxylic acids is 1. The Morgan fingerprint density at radius 1 is 1.12 bits per heavy atom. The number of hydrogen-bond donors (Lipinski definition) is 1. The van der Waals surface area contributed by atoms with Gasteiger partial charge >= 0.3 is 18.1 Å². The lowest BCUT2D eigenvalue weighted by atomic mass is 9.79. The number of carbonyl (C=O) groups is 2. The van der Waals surface area contributed by atoms with Gasteiger partial charge in [0.15, 0.2) is 0 Å². The zero-order chi connectivity index (χ0) is 25.2. The first-order valence-electron chi connectivity index (χ1n) is 11.0. The Hall–Kier alpha value is -2.88. The molecule has 1 saturated carbocycles. The first kappa shape index (κ1) is 25.7. The Morgan fingerprint density at radius 3 is 2.29 bits per heavy atom. The van der Waals surface area contributed by atoms with Gasteiger partial charge in [0.1, 0.15) is 11.9 Å². The zero-order valence-corrected chi connectivity index (χ0v) is 19.2. The molecule has 1 aliphatic carbocycles. The molecule has 0 saturated heterocycles. The SMILES string of the molecule is COCCN1C(C)=C(C(=O)O)C(c2cccc(C(F)(F)F)c2F)C(C(=O)OC2CCCC2)=C1C. The first-order valence-corrected chi connectivity index (χ1v) is 11.0. The van der Waals surface area contributed by atoms with Crippen molar-refractivity contribution in [3.05, 3.63) is 57.7 Å². The van der Waals surface area contributed by atoms with Gasteiger partial charge in [-0.25, -0.2) is 14.0 Å². The van der Waals surface area contributed by atoms with E-state index in [9.17, 15) is 27.9 Å². The first-order chi connectivity index (χ1) is 16.0. The summed E-state index contributed by atoms with van der Waals surface area (Å²) in [6, 6.07) is 2.66. The van der Waals surface area contributed by atoms with Crippen LogP contribution in [0.15, 0.2) is 40.7 Å². The molecule has 10 heteroatoms. The average Bonchev–Trinajstić information content (AvgIpc) is 3.25. The van der Waals surface area contributed by atoms with Crippen LogP contribution in [0.5, 0.6) is 0 Å². The quantitative estimate of drug-likeness (QED) is 0.432. The molecule has 0 radical (unpaired) electrons. The summed E-state index contributed by atoms with van der Waals surface area (Å²) in [4.78, 5) is 27.2. The maximum Gasteiger partial charge on any atom is 0.419 e. The largest absolute Gasteiger partial charge is 0.478 e. The van der Waals surface area contributed by atoms with Crippen LogP contribution >= 0.6 is 0 Å². The Labute approximate surface area is 194 Å². The van der Waals surface area contributed by atoms with E-state index >= 15 is 4.39 Å². The fourth-order valence-electron chi connectivity index (χ4n) is 4.69. The van der Waals surface area contributed by atoms with Crippen LogP contribution in [0, 0.1) is 5.82 Å². The third-order valence-electron chi connectivity index (χ3n) is 6.36. The van der Waals surface area contributed by atoms with Crippen molar-refractivity contribution in [3.8, 4) is 0 Å². The van der Waals surface area contributed by atoms with E-state index in [2.05, 4.69) is 0 Å². The summed E-state index contributed by atoms with van der Waals surface area (Å²) in [5.41, 5.74) is -2.20. The second-order valence-electron chi connectivity index (χ2n) is 8.40. The van der Waals surface area contributed by atoms with E-state index in [0.717, 1.165) is 25.0 Å². The number of carbonyl (C=O) groups excluding carboxylic acids is 1. The van der Waals surface area contributed by atoms with Gasteiger partial charge in [-0.05, 0) is 45.6 Å². The van der Waals surface area contributed by atoms with Crippen LogP contribution < -0.4 is 0 Å². The van der Waals surface area contributed by atoms with Crippen molar-refractivity contribution in [3.63, 3.8) is 0 Å². The van der Waals surface area contributed by atoms with Crippen molar-refractivity contribution in [2.24, 2.45) is 0 Å². The van der Waals surface area contributed by atoms with Crippen molar-refractivity contribution >= 4 is 11.9 Å². The molecule has 1 atom stereocenters. The molecule has 1 unspecified atom stereocenters. The molecule has 1 N–H and O–H groups in total. The zero-order valence-electron chi connectivity index (χ0n) is 19.2. The molecule has 3 rings (SSSR count). The van der Waals surface area contributed by atoms with E-state index in [1.807, 2.05) is 0 Å². The Morgan fingerprint density at radius 2 is 1.74 bits per heavy atom. The van der Waals surface area contributed by atoms with E-state index < -0.39 is 46.6 Å². The number of aliphatic carboxylic acids is 1. The van der Waals surface area contributed by atoms with E-state index in [0.29, 0.717) is 18.9 Å². The Kier molecular flexibility index (Phi) is 7.70. The summed E-state index contributed by atoms with van der Waals surface area (Å²) in [6.45, 7) is 3.39. The molecule has 1 aromatic carbocycles. The second-order valence-corrected chi connectivity index (χ2v) is 8.40. The highest BCUT2D eigenvalue weighted by atomic mass is 19.4. The minimum atomic E-state index is -5.00. The molecule has 1 aliphatic heterocycles. The molecule has 1 heterocycles. The lowest BCUT2D eigenvalue weighted by Gasteiger charge is -2.37. The van der Waals surface area contributed by atoms with Crippen LogP contribution in [-0.2, 0) is 25.2 Å². The number of alkyl halides is 3. The highest BCUT2D eigenvalue weighted by Gasteiger charge is 2.44. The number of carboxylic acid groups (broad SMARTS) is 1. The lowest BCUT2D eigenvalue weighted by Crippen LogP contribution is -2.37. The minimum Gasteiger partial charge on any atom is -0.478 e. The molecule has 6 nitrogen and oxygen atoms in total. The van der Waals surface area contributed by atoms with Crippen molar-refractivity contribution in [2.45, 2.75) is 57.7 Å². The second kappa shape index (κ2) is 10.2. The maximum atomic E-state index is 15.2. The average molecular weight is 485 g/mol. The van der Waals surface area contributed by atoms with Crippen molar-refractivity contribution in [2.75, 3.05) is 20.3 Å². The summed E-state index contributed by atoms with van der Waals surface area (Å²) >= 11 is 0. The topological polar surface area (TPSA) is 76.1 Å². The standard InChI is InChI=1S/C24H27F4NO5/c1-13-18(22(30)31)20(16-9-6-10-17(21(16)25)24(26,27)28)19(14(2)29(13)11-12-33-3)23(32)34-15-7-4-5-8-15/h6,9-10,15,20H,4-5,7-8,11-12H2,1-3H3,(H,30,31). The van der Waals surface area contributed by atoms with Gasteiger partial charge in [0.2, 0.25) is 0 Å². The number of hydrogen-bond acceptors (Lipinski definition) is 5. The van der Waals surface area contributed by atoms with E-state index in [4.69, 9.17) is 9.47 Å². The molecule has 0 amide bonds. The molecular weight excluding hydrogens is 458 g/mol. The number of methoxy groups -OCH3 is 1. The maximum absolute atomic E-state index is 15.2. The van der Waals surface area contributed by atoms with E-state index in [-0.39, 0.29) is 36.2 Å². The third-order valence-corrected chi connectivity index (χ3v) is 6.36. The van der Waals surface area contributed by atoms with Crippen molar-refractivity contribution in [1.82, 2.24) is 4.90 Å². The molecule has 186 valence electrons. The van der Waals surface area contributed by atoms with Crippen molar-refractivity contribution in [1.29, 1.82) is 0 Å². The Balaban J connectivity index is 2.23. The molecule has 0 aromatic heterocycles. The summed E-state index contributed by atoms with van der Waals surface area (Å²) in [6.07, 6.45) is -2.39. The summed E-state index contributed by atoms with van der Waals surface area (Å²) < 4.78 is 66.3. The molecule has 1 aromatic rings. The third kappa shape index (κ3) is 4.96. The van der Waals surface area contributed by atoms with Crippen LogP contribution in [0.4, 0.5) is 17.6 Å². The number of ether oxygens (including phenoxy) is 2. The van der Waals surface area contributed by atoms with Gasteiger partial charge in [-0.3, -0.25) is 0 Å². The summed E-state index contributed by atoms with van der Waals surface area (Å²) in [5.74, 6) is -5.52. The minimum absolute atomic E-state index is 0.182. The predicted molar refractivity (Wildman–Crippen MR) is 114 cm³/mol. The van der Waals surface area contributed by atoms with Crippen LogP contribution in [0.3, 0.4) is 0 Å². The summed E-state index contributed by atoms with van der Waals surface area (Å²) in [7, 11) is 1.45. The fourth-order valence-corrected chi connectivity index (χ4v) is 4.69. The van der Waals surface area contributed by atoms with Gasteiger partial charge < -0.3 is 19.5 Å².